The fourth-order valence-corrected chi connectivity index (χ4v) is 6.90. The molecule has 0 radical (unpaired) electrons. The van der Waals surface area contributed by atoms with Crippen LogP contribution in [0.3, 0.4) is 0 Å². The maximum atomic E-state index is 14.0. The fraction of sp³-hybridized carbons (Fsp3) is 0.294. The lowest BCUT2D eigenvalue weighted by molar-refractivity contribution is -0.274. The molecule has 2 aliphatic rings. The van der Waals surface area contributed by atoms with Gasteiger partial charge in [-0.15, -0.1) is 18.3 Å². The van der Waals surface area contributed by atoms with Crippen molar-refractivity contribution in [1.29, 1.82) is 0 Å². The first kappa shape index (κ1) is 32.3. The van der Waals surface area contributed by atoms with Crippen molar-refractivity contribution in [2.24, 2.45) is 4.99 Å². The molecule has 2 fully saturated rings. The summed E-state index contributed by atoms with van der Waals surface area (Å²) in [7, 11) is 0. The van der Waals surface area contributed by atoms with Gasteiger partial charge in [0.2, 0.25) is 0 Å². The van der Waals surface area contributed by atoms with Gasteiger partial charge in [0.15, 0.2) is 11.0 Å². The van der Waals surface area contributed by atoms with Crippen LogP contribution < -0.4 is 15.0 Å². The smallest absolute Gasteiger partial charge is 0.406 e. The van der Waals surface area contributed by atoms with Crippen LogP contribution in [0.25, 0.3) is 17.1 Å². The highest BCUT2D eigenvalue weighted by Gasteiger charge is 2.33. The number of carbonyl (C=O) groups excluding carboxylic acids is 1. The number of amides is 2. The normalized spacial score (nSPS) is 19.2. The Morgan fingerprint density at radius 3 is 2.53 bits per heavy atom. The Morgan fingerprint density at radius 2 is 1.83 bits per heavy atom. The Kier molecular flexibility index (Phi) is 9.09. The van der Waals surface area contributed by atoms with E-state index < -0.39 is 12.4 Å². The van der Waals surface area contributed by atoms with E-state index in [1.165, 1.54) is 59.2 Å². The van der Waals surface area contributed by atoms with Crippen LogP contribution in [0.1, 0.15) is 56.1 Å². The van der Waals surface area contributed by atoms with Crippen LogP contribution in [0.15, 0.2) is 90.3 Å². The van der Waals surface area contributed by atoms with Crippen molar-refractivity contribution in [2.75, 3.05) is 10.7 Å². The van der Waals surface area contributed by atoms with Gasteiger partial charge in [-0.05, 0) is 72.4 Å². The molecule has 2 heterocycles. The molecule has 6 rings (SSSR count). The summed E-state index contributed by atoms with van der Waals surface area (Å²) in [5, 5.41) is 8.11. The number of urea groups is 1. The number of hydrogen-bond acceptors (Lipinski definition) is 5. The number of hydrogen-bond donors (Lipinski definition) is 1. The van der Waals surface area contributed by atoms with Crippen molar-refractivity contribution in [2.45, 2.75) is 57.3 Å². The Labute approximate surface area is 273 Å². The molecule has 1 aromatic heterocycles. The molecule has 1 N–H and O–H groups in total. The number of thioether (sulfide) groups is 1. The molecule has 0 spiro atoms. The van der Waals surface area contributed by atoms with Crippen molar-refractivity contribution >= 4 is 28.6 Å². The summed E-state index contributed by atoms with van der Waals surface area (Å²) in [6.45, 7) is 8.14. The molecule has 47 heavy (non-hydrogen) atoms. The Balaban J connectivity index is 1.13. The minimum atomic E-state index is -4.76. The van der Waals surface area contributed by atoms with Gasteiger partial charge in [-0.3, -0.25) is 4.90 Å². The number of nitrogens with zero attached hydrogens (tertiary/aromatic N) is 5. The van der Waals surface area contributed by atoms with E-state index in [2.05, 4.69) is 31.7 Å². The number of anilines is 1. The minimum absolute atomic E-state index is 0.0637. The van der Waals surface area contributed by atoms with Crippen LogP contribution in [-0.4, -0.2) is 44.1 Å². The first-order chi connectivity index (χ1) is 22.4. The standard InChI is InChI=1S/C34H32F4N6O2S/c1-20(2)28-17-24(35)11-16-30(28)44-21(3)18-47-33(44)41-32(45)40-29-6-4-5-27(29)22-7-9-23(10-8-22)31-39-19-43(42-31)25-12-14-26(15-13-25)46-34(36,37)38/h7-17,19-20,27,29H,3-6,18H2,1-2H3,(H,40,45)/b41-33-. The molecule has 2 amide bonds. The van der Waals surface area contributed by atoms with Crippen molar-refractivity contribution in [3.05, 3.63) is 102 Å². The molecular formula is C34H32F4N6O2S. The monoisotopic (exact) mass is 664 g/mol. The predicted octanol–water partition coefficient (Wildman–Crippen LogP) is 8.56. The van der Waals surface area contributed by atoms with Crippen molar-refractivity contribution < 1.29 is 27.1 Å². The van der Waals surface area contributed by atoms with Crippen LogP contribution in [-0.2, 0) is 0 Å². The molecule has 244 valence electrons. The zero-order valence-electron chi connectivity index (χ0n) is 25.7. The van der Waals surface area contributed by atoms with Gasteiger partial charge in [-0.1, -0.05) is 62.9 Å². The second-order valence-corrected chi connectivity index (χ2v) is 12.7. The van der Waals surface area contributed by atoms with Crippen molar-refractivity contribution in [3.8, 4) is 22.8 Å². The summed E-state index contributed by atoms with van der Waals surface area (Å²) in [4.78, 5) is 23.9. The quantitative estimate of drug-likeness (QED) is 0.199. The molecule has 0 bridgehead atoms. The third-order valence-electron chi connectivity index (χ3n) is 8.17. The molecular weight excluding hydrogens is 632 g/mol. The van der Waals surface area contributed by atoms with Crippen LogP contribution >= 0.6 is 11.8 Å². The van der Waals surface area contributed by atoms with Crippen molar-refractivity contribution in [3.63, 3.8) is 0 Å². The first-order valence-corrected chi connectivity index (χ1v) is 16.1. The highest BCUT2D eigenvalue weighted by molar-refractivity contribution is 8.14. The van der Waals surface area contributed by atoms with Gasteiger partial charge in [0.05, 0.1) is 11.4 Å². The third kappa shape index (κ3) is 7.35. The molecule has 2 atom stereocenters. The van der Waals surface area contributed by atoms with Gasteiger partial charge in [-0.2, -0.15) is 4.99 Å². The number of ether oxygens (including phenoxy) is 1. The number of alkyl halides is 3. The number of aliphatic imine (C=N–C) groups is 1. The number of carbonyl (C=O) groups is 1. The molecule has 1 saturated heterocycles. The second kappa shape index (κ2) is 13.2. The average Bonchev–Trinajstić information content (AvgIpc) is 3.78. The van der Waals surface area contributed by atoms with E-state index in [1.54, 1.807) is 6.07 Å². The van der Waals surface area contributed by atoms with E-state index in [-0.39, 0.29) is 29.4 Å². The van der Waals surface area contributed by atoms with Gasteiger partial charge in [-0.25, -0.2) is 18.9 Å². The van der Waals surface area contributed by atoms with Gasteiger partial charge in [0.25, 0.3) is 0 Å². The highest BCUT2D eigenvalue weighted by Crippen LogP contribution is 2.38. The largest absolute Gasteiger partial charge is 0.573 e. The zero-order valence-corrected chi connectivity index (χ0v) is 26.5. The summed E-state index contributed by atoms with van der Waals surface area (Å²) in [5.41, 5.74) is 4.74. The average molecular weight is 665 g/mol. The molecule has 4 aromatic rings. The van der Waals surface area contributed by atoms with Gasteiger partial charge >= 0.3 is 12.4 Å². The second-order valence-electron chi connectivity index (χ2n) is 11.7. The number of benzene rings is 3. The highest BCUT2D eigenvalue weighted by atomic mass is 32.2. The van der Waals surface area contributed by atoms with E-state index in [9.17, 15) is 22.4 Å². The van der Waals surface area contributed by atoms with Crippen molar-refractivity contribution in [1.82, 2.24) is 20.1 Å². The topological polar surface area (TPSA) is 84.6 Å². The summed E-state index contributed by atoms with van der Waals surface area (Å²) < 4.78 is 56.8. The van der Waals surface area contributed by atoms with E-state index in [0.29, 0.717) is 22.4 Å². The van der Waals surface area contributed by atoms with Crippen LogP contribution in [0.2, 0.25) is 0 Å². The van der Waals surface area contributed by atoms with Gasteiger partial charge < -0.3 is 10.1 Å². The minimum Gasteiger partial charge on any atom is -0.406 e. The molecule has 13 heteroatoms. The van der Waals surface area contributed by atoms with Crippen LogP contribution in [0, 0.1) is 5.82 Å². The number of aromatic nitrogens is 3. The number of halogens is 4. The first-order valence-electron chi connectivity index (χ1n) is 15.1. The molecule has 3 aromatic carbocycles. The summed E-state index contributed by atoms with van der Waals surface area (Å²) in [6, 6.07) is 17.3. The molecule has 8 nitrogen and oxygen atoms in total. The van der Waals surface area contributed by atoms with E-state index in [0.717, 1.165) is 47.3 Å². The Bertz CT molecular complexity index is 1800. The predicted molar refractivity (Wildman–Crippen MR) is 174 cm³/mol. The van der Waals surface area contributed by atoms with E-state index in [4.69, 9.17) is 0 Å². The third-order valence-corrected chi connectivity index (χ3v) is 9.18. The maximum Gasteiger partial charge on any atom is 0.573 e. The number of amidine groups is 1. The van der Waals surface area contributed by atoms with Crippen LogP contribution in [0.4, 0.5) is 28.0 Å². The number of rotatable bonds is 7. The fourth-order valence-electron chi connectivity index (χ4n) is 5.97. The van der Waals surface area contributed by atoms with E-state index in [1.807, 2.05) is 43.0 Å². The lowest BCUT2D eigenvalue weighted by atomic mass is 9.93. The Hall–Kier alpha value is -4.65. The lowest BCUT2D eigenvalue weighted by Crippen LogP contribution is -2.36. The SMILES string of the molecule is C=C1CS/C(=N\C(=O)NC2CCCC2c2ccc(-c3ncn(-c4ccc(OC(F)(F)F)cc4)n3)cc2)N1c1ccc(F)cc1C(C)C. The maximum absolute atomic E-state index is 14.0. The molecule has 1 aliphatic carbocycles. The van der Waals surface area contributed by atoms with Gasteiger partial charge in [0, 0.05) is 29.0 Å². The zero-order chi connectivity index (χ0) is 33.3. The Morgan fingerprint density at radius 1 is 1.09 bits per heavy atom. The summed E-state index contributed by atoms with van der Waals surface area (Å²) >= 11 is 1.43. The summed E-state index contributed by atoms with van der Waals surface area (Å²) in [6.07, 6.45) is -0.583. The van der Waals surface area contributed by atoms with Gasteiger partial charge in [0.1, 0.15) is 17.9 Å². The molecule has 2 unspecified atom stereocenters. The number of nitrogens with one attached hydrogen (secondary N) is 1. The summed E-state index contributed by atoms with van der Waals surface area (Å²) in [5.74, 6) is 0.569. The molecule has 1 saturated carbocycles. The lowest BCUT2D eigenvalue weighted by Gasteiger charge is -2.24. The van der Waals surface area contributed by atoms with E-state index >= 15 is 0 Å². The molecule has 1 aliphatic heterocycles. The van der Waals surface area contributed by atoms with Crippen LogP contribution in [0.5, 0.6) is 5.75 Å².